The normalized spacial score (nSPS) is 25.4. The highest BCUT2D eigenvalue weighted by molar-refractivity contribution is 9.10. The number of halogens is 2. The zero-order chi connectivity index (χ0) is 15.6. The summed E-state index contributed by atoms with van der Waals surface area (Å²) in [6, 6.07) is 4.57. The van der Waals surface area contributed by atoms with Crippen LogP contribution in [0.3, 0.4) is 0 Å². The standard InChI is InChI=1S/C15H17BrClNO3/c1-15(14(20)21)7-3-2-4-12(15)18-13(19)9-5-6-10(16)11(17)8-9/h5-6,8,12H,2-4,7H2,1H3,(H,18,19)(H,20,21). The third-order valence-electron chi connectivity index (χ3n) is 4.18. The Morgan fingerprint density at radius 3 is 2.76 bits per heavy atom. The van der Waals surface area contributed by atoms with Gasteiger partial charge in [-0.25, -0.2) is 0 Å². The number of carboxylic acids is 1. The first-order valence-electron chi connectivity index (χ1n) is 6.84. The molecule has 0 aromatic heterocycles. The lowest BCUT2D eigenvalue weighted by atomic mass is 9.71. The summed E-state index contributed by atoms with van der Waals surface area (Å²) >= 11 is 9.26. The van der Waals surface area contributed by atoms with Crippen LogP contribution in [0.1, 0.15) is 43.0 Å². The van der Waals surface area contributed by atoms with Crippen LogP contribution in [0.5, 0.6) is 0 Å². The Labute approximate surface area is 137 Å². The van der Waals surface area contributed by atoms with E-state index in [9.17, 15) is 14.7 Å². The van der Waals surface area contributed by atoms with Gasteiger partial charge in [0, 0.05) is 16.1 Å². The van der Waals surface area contributed by atoms with Crippen molar-refractivity contribution in [3.05, 3.63) is 33.3 Å². The van der Waals surface area contributed by atoms with Crippen molar-refractivity contribution < 1.29 is 14.7 Å². The van der Waals surface area contributed by atoms with Crippen molar-refractivity contribution in [1.29, 1.82) is 0 Å². The van der Waals surface area contributed by atoms with Gasteiger partial charge in [-0.15, -0.1) is 0 Å². The van der Waals surface area contributed by atoms with Crippen LogP contribution in [-0.4, -0.2) is 23.0 Å². The molecule has 0 radical (unpaired) electrons. The molecule has 2 unspecified atom stereocenters. The lowest BCUT2D eigenvalue weighted by molar-refractivity contribution is -0.151. The maximum Gasteiger partial charge on any atom is 0.311 e. The molecule has 2 atom stereocenters. The second kappa shape index (κ2) is 6.36. The van der Waals surface area contributed by atoms with Gasteiger partial charge < -0.3 is 10.4 Å². The van der Waals surface area contributed by atoms with E-state index >= 15 is 0 Å². The number of aliphatic carboxylic acids is 1. The van der Waals surface area contributed by atoms with Crippen LogP contribution in [0.15, 0.2) is 22.7 Å². The molecule has 1 amide bonds. The van der Waals surface area contributed by atoms with E-state index in [1.54, 1.807) is 25.1 Å². The number of rotatable bonds is 3. The first-order valence-corrected chi connectivity index (χ1v) is 8.01. The van der Waals surface area contributed by atoms with Crippen LogP contribution in [-0.2, 0) is 4.79 Å². The summed E-state index contributed by atoms with van der Waals surface area (Å²) in [5.74, 6) is -1.15. The van der Waals surface area contributed by atoms with Gasteiger partial charge in [-0.05, 0) is 53.9 Å². The van der Waals surface area contributed by atoms with Crippen LogP contribution < -0.4 is 5.32 Å². The molecule has 0 spiro atoms. The molecular formula is C15H17BrClNO3. The zero-order valence-electron chi connectivity index (χ0n) is 11.7. The first-order chi connectivity index (χ1) is 9.84. The van der Waals surface area contributed by atoms with E-state index in [-0.39, 0.29) is 11.9 Å². The van der Waals surface area contributed by atoms with Crippen LogP contribution in [0.2, 0.25) is 5.02 Å². The minimum absolute atomic E-state index is 0.288. The minimum Gasteiger partial charge on any atom is -0.481 e. The lowest BCUT2D eigenvalue weighted by Gasteiger charge is -2.38. The fraction of sp³-hybridized carbons (Fsp3) is 0.467. The lowest BCUT2D eigenvalue weighted by Crippen LogP contribution is -2.52. The van der Waals surface area contributed by atoms with Gasteiger partial charge in [-0.1, -0.05) is 24.4 Å². The highest BCUT2D eigenvalue weighted by Crippen LogP contribution is 2.36. The summed E-state index contributed by atoms with van der Waals surface area (Å²) in [5, 5.41) is 12.8. The molecule has 1 aliphatic rings. The number of amides is 1. The average Bonchev–Trinajstić information content (AvgIpc) is 2.44. The second-order valence-electron chi connectivity index (χ2n) is 5.62. The van der Waals surface area contributed by atoms with E-state index in [4.69, 9.17) is 11.6 Å². The quantitative estimate of drug-likeness (QED) is 0.844. The van der Waals surface area contributed by atoms with Gasteiger partial charge in [0.05, 0.1) is 10.4 Å². The molecule has 6 heteroatoms. The SMILES string of the molecule is CC1(C(=O)O)CCCCC1NC(=O)c1ccc(Br)c(Cl)c1. The number of carbonyl (C=O) groups is 2. The van der Waals surface area contributed by atoms with Crippen LogP contribution in [0.25, 0.3) is 0 Å². The molecule has 1 aromatic carbocycles. The van der Waals surface area contributed by atoms with Crippen molar-refractivity contribution in [2.24, 2.45) is 5.41 Å². The van der Waals surface area contributed by atoms with Crippen molar-refractivity contribution in [3.8, 4) is 0 Å². The molecule has 21 heavy (non-hydrogen) atoms. The van der Waals surface area contributed by atoms with Gasteiger partial charge in [0.1, 0.15) is 0 Å². The Bertz CT molecular complexity index is 578. The molecule has 2 N–H and O–H groups in total. The molecule has 0 heterocycles. The van der Waals surface area contributed by atoms with Crippen molar-refractivity contribution in [3.63, 3.8) is 0 Å². The van der Waals surface area contributed by atoms with Crippen molar-refractivity contribution in [2.45, 2.75) is 38.6 Å². The molecule has 4 nitrogen and oxygen atoms in total. The van der Waals surface area contributed by atoms with Gasteiger partial charge in [0.25, 0.3) is 5.91 Å². The Morgan fingerprint density at radius 2 is 2.14 bits per heavy atom. The molecule has 1 aliphatic carbocycles. The van der Waals surface area contributed by atoms with Crippen LogP contribution in [0, 0.1) is 5.41 Å². The molecule has 0 aliphatic heterocycles. The fourth-order valence-corrected chi connectivity index (χ4v) is 3.13. The summed E-state index contributed by atoms with van der Waals surface area (Å²) in [4.78, 5) is 23.8. The van der Waals surface area contributed by atoms with Gasteiger partial charge in [-0.3, -0.25) is 9.59 Å². The summed E-state index contributed by atoms with van der Waals surface area (Å²) in [6.45, 7) is 1.70. The van der Waals surface area contributed by atoms with E-state index in [1.807, 2.05) is 0 Å². The minimum atomic E-state index is -0.910. The number of nitrogens with one attached hydrogen (secondary N) is 1. The Hall–Kier alpha value is -1.07. The Balaban J connectivity index is 2.17. The van der Waals surface area contributed by atoms with Crippen LogP contribution in [0.4, 0.5) is 0 Å². The van der Waals surface area contributed by atoms with E-state index < -0.39 is 11.4 Å². The topological polar surface area (TPSA) is 66.4 Å². The smallest absolute Gasteiger partial charge is 0.311 e. The maximum absolute atomic E-state index is 12.3. The fourth-order valence-electron chi connectivity index (χ4n) is 2.70. The molecule has 114 valence electrons. The van der Waals surface area contributed by atoms with Gasteiger partial charge >= 0.3 is 5.97 Å². The Kier molecular flexibility index (Phi) is 4.94. The second-order valence-corrected chi connectivity index (χ2v) is 6.88. The molecule has 1 aromatic rings. The summed E-state index contributed by atoms with van der Waals surface area (Å²) < 4.78 is 0.716. The number of carboxylic acid groups (broad SMARTS) is 1. The summed E-state index contributed by atoms with van der Waals surface area (Å²) in [7, 11) is 0. The predicted octanol–water partition coefficient (Wildman–Crippen LogP) is 3.87. The van der Waals surface area contributed by atoms with E-state index in [1.165, 1.54) is 0 Å². The first kappa shape index (κ1) is 16.3. The number of hydrogen-bond donors (Lipinski definition) is 2. The van der Waals surface area contributed by atoms with Gasteiger partial charge in [0.15, 0.2) is 0 Å². The monoisotopic (exact) mass is 373 g/mol. The van der Waals surface area contributed by atoms with Crippen LogP contribution >= 0.6 is 27.5 Å². The van der Waals surface area contributed by atoms with Crippen molar-refractivity contribution >= 4 is 39.4 Å². The summed E-state index contributed by atoms with van der Waals surface area (Å²) in [5.41, 5.74) is -0.478. The van der Waals surface area contributed by atoms with E-state index in [0.717, 1.165) is 12.8 Å². The molecule has 1 fully saturated rings. The number of carbonyl (C=O) groups excluding carboxylic acids is 1. The van der Waals surface area contributed by atoms with Gasteiger partial charge in [-0.2, -0.15) is 0 Å². The van der Waals surface area contributed by atoms with Crippen molar-refractivity contribution in [2.75, 3.05) is 0 Å². The predicted molar refractivity (Wildman–Crippen MR) is 84.6 cm³/mol. The van der Waals surface area contributed by atoms with E-state index in [0.29, 0.717) is 27.9 Å². The van der Waals surface area contributed by atoms with Crippen molar-refractivity contribution in [1.82, 2.24) is 5.32 Å². The van der Waals surface area contributed by atoms with Gasteiger partial charge in [0.2, 0.25) is 0 Å². The summed E-state index contributed by atoms with van der Waals surface area (Å²) in [6.07, 6.45) is 3.06. The highest BCUT2D eigenvalue weighted by Gasteiger charge is 2.43. The third kappa shape index (κ3) is 3.40. The maximum atomic E-state index is 12.3. The van der Waals surface area contributed by atoms with E-state index in [2.05, 4.69) is 21.2 Å². The Morgan fingerprint density at radius 1 is 1.43 bits per heavy atom. The number of hydrogen-bond acceptors (Lipinski definition) is 2. The molecular weight excluding hydrogens is 358 g/mol. The average molecular weight is 375 g/mol. The largest absolute Gasteiger partial charge is 0.481 e. The zero-order valence-corrected chi connectivity index (χ0v) is 14.0. The molecule has 1 saturated carbocycles. The highest BCUT2D eigenvalue weighted by atomic mass is 79.9. The molecule has 0 bridgehead atoms. The molecule has 0 saturated heterocycles. The molecule has 2 rings (SSSR count). The third-order valence-corrected chi connectivity index (χ3v) is 5.42. The number of benzene rings is 1.